The maximum absolute atomic E-state index is 12.5. The van der Waals surface area contributed by atoms with Crippen LogP contribution in [0.1, 0.15) is 36.6 Å². The van der Waals surface area contributed by atoms with Crippen molar-refractivity contribution in [3.8, 4) is 11.1 Å². The summed E-state index contributed by atoms with van der Waals surface area (Å²) in [7, 11) is 2.57. The maximum atomic E-state index is 12.5. The molecule has 1 aliphatic carbocycles. The van der Waals surface area contributed by atoms with Crippen LogP contribution in [0.25, 0.3) is 11.1 Å². The van der Waals surface area contributed by atoms with Crippen LogP contribution in [0.15, 0.2) is 36.4 Å². The molecule has 1 aliphatic rings. The third-order valence-corrected chi connectivity index (χ3v) is 3.66. The first-order chi connectivity index (χ1) is 10.6. The minimum absolute atomic E-state index is 0.221. The van der Waals surface area contributed by atoms with Gasteiger partial charge in [-0.2, -0.15) is 0 Å². The zero-order valence-corrected chi connectivity index (χ0v) is 12.0. The molecule has 2 aromatic carbocycles. The Kier molecular flexibility index (Phi) is 3.25. The predicted molar refractivity (Wildman–Crippen MR) is 78.0 cm³/mol. The highest BCUT2D eigenvalue weighted by molar-refractivity contribution is 6.22. The lowest BCUT2D eigenvalue weighted by Gasteiger charge is -2.03. The van der Waals surface area contributed by atoms with Gasteiger partial charge in [0, 0.05) is 11.1 Å². The Labute approximate surface area is 126 Å². The summed E-state index contributed by atoms with van der Waals surface area (Å²) in [6, 6.07) is 9.68. The van der Waals surface area contributed by atoms with Crippen LogP contribution in [0.3, 0.4) is 0 Å². The highest BCUT2D eigenvalue weighted by Crippen LogP contribution is 2.37. The average molecular weight is 296 g/mol. The molecule has 5 heteroatoms. The third kappa shape index (κ3) is 1.98. The lowest BCUT2D eigenvalue weighted by atomic mass is 10.0. The standard InChI is InChI=1S/C17H12O5/c1-21-16(19)9-3-5-11-12-6-4-10(17(20)22-2)8-14(12)15(18)13(11)7-9/h3-8H,1-2H3. The smallest absolute Gasteiger partial charge is 0.337 e. The molecule has 0 amide bonds. The first kappa shape index (κ1) is 14.0. The van der Waals surface area contributed by atoms with Crippen molar-refractivity contribution in [3.63, 3.8) is 0 Å². The Bertz CT molecular complexity index is 752. The number of benzene rings is 2. The Morgan fingerprint density at radius 3 is 1.50 bits per heavy atom. The summed E-state index contributed by atoms with van der Waals surface area (Å²) in [6.07, 6.45) is 0. The van der Waals surface area contributed by atoms with Crippen LogP contribution in [-0.4, -0.2) is 31.9 Å². The summed E-state index contributed by atoms with van der Waals surface area (Å²) < 4.78 is 9.32. The van der Waals surface area contributed by atoms with Gasteiger partial charge in [-0.25, -0.2) is 9.59 Å². The van der Waals surface area contributed by atoms with E-state index in [1.165, 1.54) is 26.4 Å². The topological polar surface area (TPSA) is 69.7 Å². The Morgan fingerprint density at radius 1 is 0.727 bits per heavy atom. The summed E-state index contributed by atoms with van der Waals surface area (Å²) >= 11 is 0. The Balaban J connectivity index is 2.11. The van der Waals surface area contributed by atoms with Gasteiger partial charge in [-0.1, -0.05) is 12.1 Å². The first-order valence-electron chi connectivity index (χ1n) is 6.56. The van der Waals surface area contributed by atoms with Gasteiger partial charge < -0.3 is 9.47 Å². The van der Waals surface area contributed by atoms with Gasteiger partial charge in [0.2, 0.25) is 0 Å². The zero-order valence-electron chi connectivity index (χ0n) is 12.0. The molecule has 5 nitrogen and oxygen atoms in total. The molecular formula is C17H12O5. The highest BCUT2D eigenvalue weighted by atomic mass is 16.5. The van der Waals surface area contributed by atoms with E-state index in [0.29, 0.717) is 22.3 Å². The molecule has 0 fully saturated rings. The lowest BCUT2D eigenvalue weighted by Crippen LogP contribution is -2.04. The number of hydrogen-bond donors (Lipinski definition) is 0. The first-order valence-corrected chi connectivity index (χ1v) is 6.56. The van der Waals surface area contributed by atoms with Crippen molar-refractivity contribution >= 4 is 17.7 Å². The molecule has 0 radical (unpaired) electrons. The van der Waals surface area contributed by atoms with Crippen molar-refractivity contribution in [1.29, 1.82) is 0 Å². The van der Waals surface area contributed by atoms with Crippen molar-refractivity contribution in [2.45, 2.75) is 0 Å². The van der Waals surface area contributed by atoms with E-state index >= 15 is 0 Å². The van der Waals surface area contributed by atoms with E-state index in [1.807, 2.05) is 0 Å². The SMILES string of the molecule is COC(=O)c1ccc2c(c1)C(=O)c1cc(C(=O)OC)ccc1-2. The maximum Gasteiger partial charge on any atom is 0.337 e. The van der Waals surface area contributed by atoms with E-state index in [-0.39, 0.29) is 5.78 Å². The van der Waals surface area contributed by atoms with E-state index < -0.39 is 11.9 Å². The summed E-state index contributed by atoms with van der Waals surface area (Å²) in [5.41, 5.74) is 2.97. The van der Waals surface area contributed by atoms with E-state index in [0.717, 1.165) is 11.1 Å². The number of ketones is 1. The van der Waals surface area contributed by atoms with Crippen molar-refractivity contribution in [3.05, 3.63) is 58.7 Å². The molecule has 0 unspecified atom stereocenters. The fourth-order valence-electron chi connectivity index (χ4n) is 2.57. The molecule has 110 valence electrons. The van der Waals surface area contributed by atoms with Gasteiger partial charge in [0.05, 0.1) is 25.3 Å². The van der Waals surface area contributed by atoms with Crippen LogP contribution in [0, 0.1) is 0 Å². The molecule has 0 spiro atoms. The van der Waals surface area contributed by atoms with Crippen LogP contribution in [0.4, 0.5) is 0 Å². The fourth-order valence-corrected chi connectivity index (χ4v) is 2.57. The zero-order chi connectivity index (χ0) is 15.9. The second kappa shape index (κ2) is 5.11. The third-order valence-electron chi connectivity index (χ3n) is 3.66. The molecule has 0 N–H and O–H groups in total. The van der Waals surface area contributed by atoms with Gasteiger partial charge in [-0.3, -0.25) is 4.79 Å². The predicted octanol–water partition coefficient (Wildman–Crippen LogP) is 2.47. The van der Waals surface area contributed by atoms with Crippen molar-refractivity contribution in [1.82, 2.24) is 0 Å². The van der Waals surface area contributed by atoms with E-state index in [4.69, 9.17) is 0 Å². The van der Waals surface area contributed by atoms with E-state index in [1.54, 1.807) is 24.3 Å². The number of esters is 2. The summed E-state index contributed by atoms with van der Waals surface area (Å²) in [6.45, 7) is 0. The van der Waals surface area contributed by atoms with Crippen LogP contribution >= 0.6 is 0 Å². The van der Waals surface area contributed by atoms with Crippen LogP contribution in [-0.2, 0) is 9.47 Å². The number of methoxy groups -OCH3 is 2. The monoisotopic (exact) mass is 296 g/mol. The Morgan fingerprint density at radius 2 is 1.14 bits per heavy atom. The van der Waals surface area contributed by atoms with Gasteiger partial charge in [0.15, 0.2) is 5.78 Å². The van der Waals surface area contributed by atoms with Gasteiger partial charge in [-0.15, -0.1) is 0 Å². The number of hydrogen-bond acceptors (Lipinski definition) is 5. The molecular weight excluding hydrogens is 284 g/mol. The number of rotatable bonds is 2. The number of carbonyl (C=O) groups is 3. The lowest BCUT2D eigenvalue weighted by molar-refractivity contribution is 0.0592. The molecule has 0 heterocycles. The second-order valence-corrected chi connectivity index (χ2v) is 4.83. The average Bonchev–Trinajstić information content (AvgIpc) is 2.85. The molecule has 0 aliphatic heterocycles. The van der Waals surface area contributed by atoms with E-state index in [2.05, 4.69) is 9.47 Å². The van der Waals surface area contributed by atoms with Crippen molar-refractivity contribution < 1.29 is 23.9 Å². The van der Waals surface area contributed by atoms with Gasteiger partial charge in [0.1, 0.15) is 0 Å². The van der Waals surface area contributed by atoms with Gasteiger partial charge in [0.25, 0.3) is 0 Å². The quantitative estimate of drug-likeness (QED) is 0.679. The number of fused-ring (bicyclic) bond motifs is 3. The van der Waals surface area contributed by atoms with Crippen LogP contribution < -0.4 is 0 Å². The van der Waals surface area contributed by atoms with E-state index in [9.17, 15) is 14.4 Å². The van der Waals surface area contributed by atoms with Crippen LogP contribution in [0.5, 0.6) is 0 Å². The van der Waals surface area contributed by atoms with Crippen LogP contribution in [0.2, 0.25) is 0 Å². The molecule has 22 heavy (non-hydrogen) atoms. The summed E-state index contributed by atoms with van der Waals surface area (Å²) in [5.74, 6) is -1.22. The Hall–Kier alpha value is -2.95. The highest BCUT2D eigenvalue weighted by Gasteiger charge is 2.28. The normalized spacial score (nSPS) is 11.6. The van der Waals surface area contributed by atoms with Crippen molar-refractivity contribution in [2.24, 2.45) is 0 Å². The molecule has 0 bridgehead atoms. The van der Waals surface area contributed by atoms with Gasteiger partial charge in [-0.05, 0) is 35.4 Å². The van der Waals surface area contributed by atoms with Crippen molar-refractivity contribution in [2.75, 3.05) is 14.2 Å². The van der Waals surface area contributed by atoms with Gasteiger partial charge >= 0.3 is 11.9 Å². The summed E-state index contributed by atoms with van der Waals surface area (Å²) in [4.78, 5) is 35.7. The molecule has 3 rings (SSSR count). The minimum Gasteiger partial charge on any atom is -0.465 e. The molecule has 0 aromatic heterocycles. The second-order valence-electron chi connectivity index (χ2n) is 4.83. The largest absolute Gasteiger partial charge is 0.465 e. The number of ether oxygens (including phenoxy) is 2. The number of carbonyl (C=O) groups excluding carboxylic acids is 3. The minimum atomic E-state index is -0.498. The molecule has 0 saturated heterocycles. The summed E-state index contributed by atoms with van der Waals surface area (Å²) in [5, 5.41) is 0. The molecule has 0 saturated carbocycles. The fraction of sp³-hybridized carbons (Fsp3) is 0.118. The molecule has 2 aromatic rings. The molecule has 0 atom stereocenters.